The van der Waals surface area contributed by atoms with E-state index < -0.39 is 0 Å². The molecule has 0 N–H and O–H groups in total. The van der Waals surface area contributed by atoms with Gasteiger partial charge in [0.1, 0.15) is 18.4 Å². The minimum absolute atomic E-state index is 0.786. The van der Waals surface area contributed by atoms with Crippen molar-refractivity contribution in [1.29, 1.82) is 0 Å². The highest BCUT2D eigenvalue weighted by Gasteiger charge is 1.94. The van der Waals surface area contributed by atoms with E-state index in [1.165, 1.54) is 19.3 Å². The summed E-state index contributed by atoms with van der Waals surface area (Å²) in [5.41, 5.74) is 1.01. The number of hydrogen-bond acceptors (Lipinski definition) is 4. The van der Waals surface area contributed by atoms with Crippen molar-refractivity contribution >= 4 is 6.21 Å². The van der Waals surface area contributed by atoms with Crippen molar-refractivity contribution in [2.75, 3.05) is 6.61 Å². The Morgan fingerprint density at radius 3 is 2.55 bits per heavy atom. The second kappa shape index (κ2) is 8.09. The van der Waals surface area contributed by atoms with Gasteiger partial charge in [-0.2, -0.15) is 5.10 Å². The SMILES string of the molecule is CCCCCCOc1ccc(C=Nn2cnnc2)cc1. The Kier molecular flexibility index (Phi) is 5.76. The molecular weight excluding hydrogens is 252 g/mol. The first-order chi connectivity index (χ1) is 9.88. The summed E-state index contributed by atoms with van der Waals surface area (Å²) in [6, 6.07) is 7.89. The van der Waals surface area contributed by atoms with E-state index in [-0.39, 0.29) is 0 Å². The first kappa shape index (κ1) is 14.2. The smallest absolute Gasteiger partial charge is 0.141 e. The van der Waals surface area contributed by atoms with Gasteiger partial charge in [0.15, 0.2) is 0 Å². The second-order valence-corrected chi connectivity index (χ2v) is 4.56. The summed E-state index contributed by atoms with van der Waals surface area (Å²) in [4.78, 5) is 0. The van der Waals surface area contributed by atoms with E-state index in [0.717, 1.165) is 24.3 Å². The first-order valence-electron chi connectivity index (χ1n) is 7.00. The van der Waals surface area contributed by atoms with Crippen LogP contribution in [-0.2, 0) is 0 Å². The lowest BCUT2D eigenvalue weighted by atomic mass is 10.2. The number of ether oxygens (including phenoxy) is 1. The summed E-state index contributed by atoms with van der Waals surface area (Å²) >= 11 is 0. The van der Waals surface area contributed by atoms with Crippen LogP contribution in [0, 0.1) is 0 Å². The molecule has 0 saturated heterocycles. The second-order valence-electron chi connectivity index (χ2n) is 4.56. The highest BCUT2D eigenvalue weighted by Crippen LogP contribution is 2.12. The molecule has 0 fully saturated rings. The highest BCUT2D eigenvalue weighted by molar-refractivity contribution is 5.79. The van der Waals surface area contributed by atoms with Crippen LogP contribution in [-0.4, -0.2) is 27.7 Å². The Bertz CT molecular complexity index is 505. The van der Waals surface area contributed by atoms with E-state index in [0.29, 0.717) is 0 Å². The molecule has 106 valence electrons. The van der Waals surface area contributed by atoms with Crippen molar-refractivity contribution in [2.24, 2.45) is 5.10 Å². The van der Waals surface area contributed by atoms with E-state index in [9.17, 15) is 0 Å². The molecule has 5 heteroatoms. The quantitative estimate of drug-likeness (QED) is 0.548. The molecule has 0 spiro atoms. The molecule has 0 saturated carbocycles. The third-order valence-electron chi connectivity index (χ3n) is 2.89. The van der Waals surface area contributed by atoms with Crippen LogP contribution in [0.3, 0.4) is 0 Å². The minimum Gasteiger partial charge on any atom is -0.494 e. The van der Waals surface area contributed by atoms with Gasteiger partial charge in [-0.1, -0.05) is 26.2 Å². The average molecular weight is 272 g/mol. The number of unbranched alkanes of at least 4 members (excludes halogenated alkanes) is 3. The molecule has 2 rings (SSSR count). The lowest BCUT2D eigenvalue weighted by Crippen LogP contribution is -1.97. The molecule has 1 aromatic carbocycles. The lowest BCUT2D eigenvalue weighted by molar-refractivity contribution is 0.305. The molecular formula is C15H20N4O. The van der Waals surface area contributed by atoms with E-state index >= 15 is 0 Å². The van der Waals surface area contributed by atoms with Gasteiger partial charge in [-0.3, -0.25) is 0 Å². The van der Waals surface area contributed by atoms with Crippen LogP contribution in [0.2, 0.25) is 0 Å². The fourth-order valence-electron chi connectivity index (χ4n) is 1.76. The zero-order chi connectivity index (χ0) is 14.0. The van der Waals surface area contributed by atoms with E-state index in [1.54, 1.807) is 23.5 Å². The lowest BCUT2D eigenvalue weighted by Gasteiger charge is -2.05. The summed E-state index contributed by atoms with van der Waals surface area (Å²) in [6.07, 6.45) is 9.73. The molecule has 0 radical (unpaired) electrons. The van der Waals surface area contributed by atoms with Crippen molar-refractivity contribution in [3.05, 3.63) is 42.5 Å². The molecule has 0 unspecified atom stereocenters. The monoisotopic (exact) mass is 272 g/mol. The third kappa shape index (κ3) is 4.84. The molecule has 0 amide bonds. The fraction of sp³-hybridized carbons (Fsp3) is 0.400. The van der Waals surface area contributed by atoms with Gasteiger partial charge in [0.2, 0.25) is 0 Å². The highest BCUT2D eigenvalue weighted by atomic mass is 16.5. The van der Waals surface area contributed by atoms with Gasteiger partial charge in [0.25, 0.3) is 0 Å². The van der Waals surface area contributed by atoms with Gasteiger partial charge in [-0.05, 0) is 36.2 Å². The largest absolute Gasteiger partial charge is 0.494 e. The maximum Gasteiger partial charge on any atom is 0.141 e. The molecule has 0 aliphatic carbocycles. The maximum absolute atomic E-state index is 5.69. The summed E-state index contributed by atoms with van der Waals surface area (Å²) in [6.45, 7) is 3.00. The molecule has 0 aliphatic rings. The van der Waals surface area contributed by atoms with Gasteiger partial charge in [-0.25, -0.2) is 4.68 Å². The van der Waals surface area contributed by atoms with Crippen molar-refractivity contribution in [3.8, 4) is 5.75 Å². The molecule has 0 aliphatic heterocycles. The van der Waals surface area contributed by atoms with E-state index in [4.69, 9.17) is 4.74 Å². The third-order valence-corrected chi connectivity index (χ3v) is 2.89. The summed E-state index contributed by atoms with van der Waals surface area (Å²) < 4.78 is 7.24. The Balaban J connectivity index is 1.78. The van der Waals surface area contributed by atoms with Crippen molar-refractivity contribution in [1.82, 2.24) is 14.9 Å². The van der Waals surface area contributed by atoms with Crippen LogP contribution in [0.15, 0.2) is 42.0 Å². The molecule has 0 bridgehead atoms. The number of nitrogens with zero attached hydrogens (tertiary/aromatic N) is 4. The van der Waals surface area contributed by atoms with Crippen LogP contribution >= 0.6 is 0 Å². The molecule has 5 nitrogen and oxygen atoms in total. The standard InChI is InChI=1S/C15H20N4O/c1-2-3-4-5-10-20-15-8-6-14(7-9-15)11-18-19-12-16-17-13-19/h6-9,11-13H,2-5,10H2,1H3. The average Bonchev–Trinajstić information content (AvgIpc) is 2.99. The predicted octanol–water partition coefficient (Wildman–Crippen LogP) is 3.12. The molecule has 2 aromatic rings. The van der Waals surface area contributed by atoms with E-state index in [1.807, 2.05) is 24.3 Å². The maximum atomic E-state index is 5.69. The van der Waals surface area contributed by atoms with Gasteiger partial charge >= 0.3 is 0 Å². The predicted molar refractivity (Wildman–Crippen MR) is 79.1 cm³/mol. The topological polar surface area (TPSA) is 52.3 Å². The summed E-state index contributed by atoms with van der Waals surface area (Å²) in [5.74, 6) is 0.906. The summed E-state index contributed by atoms with van der Waals surface area (Å²) in [7, 11) is 0. The van der Waals surface area contributed by atoms with Crippen molar-refractivity contribution in [3.63, 3.8) is 0 Å². The minimum atomic E-state index is 0.786. The van der Waals surface area contributed by atoms with E-state index in [2.05, 4.69) is 22.2 Å². The number of benzene rings is 1. The summed E-state index contributed by atoms with van der Waals surface area (Å²) in [5, 5.41) is 11.6. The van der Waals surface area contributed by atoms with Crippen LogP contribution in [0.4, 0.5) is 0 Å². The Morgan fingerprint density at radius 1 is 1.10 bits per heavy atom. The number of hydrogen-bond donors (Lipinski definition) is 0. The Morgan fingerprint density at radius 2 is 1.85 bits per heavy atom. The van der Waals surface area contributed by atoms with Gasteiger partial charge in [0, 0.05) is 0 Å². The number of aromatic nitrogens is 3. The molecule has 0 atom stereocenters. The van der Waals surface area contributed by atoms with Gasteiger partial charge in [0.05, 0.1) is 12.8 Å². The van der Waals surface area contributed by atoms with Crippen LogP contribution in [0.25, 0.3) is 0 Å². The van der Waals surface area contributed by atoms with Crippen molar-refractivity contribution < 1.29 is 4.74 Å². The van der Waals surface area contributed by atoms with Crippen LogP contribution in [0.1, 0.15) is 38.2 Å². The zero-order valence-electron chi connectivity index (χ0n) is 11.8. The zero-order valence-corrected chi connectivity index (χ0v) is 11.8. The Hall–Kier alpha value is -2.17. The molecule has 20 heavy (non-hydrogen) atoms. The van der Waals surface area contributed by atoms with Crippen molar-refractivity contribution in [2.45, 2.75) is 32.6 Å². The van der Waals surface area contributed by atoms with Crippen LogP contribution in [0.5, 0.6) is 5.75 Å². The van der Waals surface area contributed by atoms with Crippen LogP contribution < -0.4 is 4.74 Å². The first-order valence-corrected chi connectivity index (χ1v) is 7.00. The van der Waals surface area contributed by atoms with Gasteiger partial charge in [-0.15, -0.1) is 10.2 Å². The Labute approximate surface area is 119 Å². The van der Waals surface area contributed by atoms with Gasteiger partial charge < -0.3 is 4.74 Å². The fourth-order valence-corrected chi connectivity index (χ4v) is 1.76. The molecule has 1 heterocycles. The number of rotatable bonds is 8. The normalized spacial score (nSPS) is 11.1. The molecule has 1 aromatic heterocycles.